The van der Waals surface area contributed by atoms with Crippen LogP contribution in [-0.4, -0.2) is 18.1 Å². The van der Waals surface area contributed by atoms with E-state index in [-0.39, 0.29) is 11.8 Å². The number of ketones is 1. The van der Waals surface area contributed by atoms with E-state index in [1.54, 1.807) is 0 Å². The van der Waals surface area contributed by atoms with Gasteiger partial charge in [-0.1, -0.05) is 78.1 Å². The van der Waals surface area contributed by atoms with Crippen LogP contribution >= 0.6 is 0 Å². The molecule has 0 aliphatic heterocycles. The molecule has 0 spiro atoms. The molecule has 0 bridgehead atoms. The van der Waals surface area contributed by atoms with Gasteiger partial charge in [0.25, 0.3) is 0 Å². The quantitative estimate of drug-likeness (QED) is 0.295. The summed E-state index contributed by atoms with van der Waals surface area (Å²) < 4.78 is 0. The van der Waals surface area contributed by atoms with Crippen molar-refractivity contribution in [3.63, 3.8) is 0 Å². The highest BCUT2D eigenvalue weighted by Crippen LogP contribution is 2.14. The highest BCUT2D eigenvalue weighted by molar-refractivity contribution is 5.83. The van der Waals surface area contributed by atoms with Crippen molar-refractivity contribution in [2.24, 2.45) is 11.7 Å². The Kier molecular flexibility index (Phi) is 15.7. The van der Waals surface area contributed by atoms with E-state index in [4.69, 9.17) is 5.73 Å². The minimum Gasteiger partial charge on any atom is -0.321 e. The molecule has 136 valence electrons. The van der Waals surface area contributed by atoms with Gasteiger partial charge in [-0.25, -0.2) is 0 Å². The lowest BCUT2D eigenvalue weighted by atomic mass is 9.93. The van der Waals surface area contributed by atoms with Gasteiger partial charge < -0.3 is 10.5 Å². The number of nitrogens with two attached hydrogens (primary N) is 1. The predicted molar refractivity (Wildman–Crippen MR) is 98.5 cm³/mol. The van der Waals surface area contributed by atoms with E-state index in [0.29, 0.717) is 12.3 Å². The first-order valence-electron chi connectivity index (χ1n) is 9.85. The second kappa shape index (κ2) is 16.2. The van der Waals surface area contributed by atoms with E-state index >= 15 is 0 Å². The van der Waals surface area contributed by atoms with Crippen LogP contribution in [0, 0.1) is 5.92 Å². The molecule has 0 aliphatic carbocycles. The summed E-state index contributed by atoms with van der Waals surface area (Å²) >= 11 is 0. The molecule has 0 saturated heterocycles. The number of rotatable bonds is 17. The molecule has 2 N–H and O–H groups in total. The Morgan fingerprint density at radius 3 is 1.74 bits per heavy atom. The van der Waals surface area contributed by atoms with Gasteiger partial charge in [0.2, 0.25) is 0 Å². The van der Waals surface area contributed by atoms with Gasteiger partial charge in [0.15, 0.2) is 0 Å². The summed E-state index contributed by atoms with van der Waals surface area (Å²) in [5.74, 6) is 0.551. The maximum Gasteiger partial charge on any atom is 0.149 e. The lowest BCUT2D eigenvalue weighted by Crippen LogP contribution is -2.36. The Morgan fingerprint density at radius 1 is 0.870 bits per heavy atom. The smallest absolute Gasteiger partial charge is 0.149 e. The molecule has 2 atom stereocenters. The molecule has 0 heterocycles. The molecule has 0 unspecified atom stereocenters. The summed E-state index contributed by atoms with van der Waals surface area (Å²) in [7, 11) is 0. The molecule has 0 aromatic carbocycles. The molecule has 0 aromatic rings. The topological polar surface area (TPSA) is 60.2 Å². The van der Waals surface area contributed by atoms with Crippen LogP contribution < -0.4 is 5.73 Å². The Labute approximate surface area is 143 Å². The summed E-state index contributed by atoms with van der Waals surface area (Å²) in [6.07, 6.45) is 16.9. The van der Waals surface area contributed by atoms with Gasteiger partial charge in [-0.2, -0.15) is 0 Å². The standard InChI is InChI=1S/C20H39NO2/c1-3-18(2)20(21)19(23)16-14-12-10-8-6-4-5-7-9-11-13-15-17-22/h17-18,20H,3-16,21H2,1-2H3/t18-,20-/m0/s1. The summed E-state index contributed by atoms with van der Waals surface area (Å²) in [6.45, 7) is 4.15. The van der Waals surface area contributed by atoms with Crippen molar-refractivity contribution in [2.45, 2.75) is 110 Å². The largest absolute Gasteiger partial charge is 0.321 e. The van der Waals surface area contributed by atoms with E-state index in [1.807, 2.05) is 0 Å². The molecule has 0 fully saturated rings. The van der Waals surface area contributed by atoms with Gasteiger partial charge in [-0.15, -0.1) is 0 Å². The monoisotopic (exact) mass is 325 g/mol. The molecule has 0 aromatic heterocycles. The van der Waals surface area contributed by atoms with Gasteiger partial charge in [0.05, 0.1) is 6.04 Å². The maximum atomic E-state index is 11.9. The minimum absolute atomic E-state index is 0.244. The molecule has 23 heavy (non-hydrogen) atoms. The van der Waals surface area contributed by atoms with Gasteiger partial charge in [0.1, 0.15) is 12.1 Å². The van der Waals surface area contributed by atoms with Crippen LogP contribution in [0.15, 0.2) is 0 Å². The Morgan fingerprint density at radius 2 is 1.30 bits per heavy atom. The first kappa shape index (κ1) is 22.3. The number of Topliss-reactive ketones (excluding diaryl/α,β-unsaturated/α-hetero) is 1. The zero-order chi connectivity index (χ0) is 17.3. The van der Waals surface area contributed by atoms with Crippen molar-refractivity contribution < 1.29 is 9.59 Å². The van der Waals surface area contributed by atoms with Crippen LogP contribution in [0.1, 0.15) is 104 Å². The lowest BCUT2D eigenvalue weighted by molar-refractivity contribution is -0.121. The van der Waals surface area contributed by atoms with E-state index in [0.717, 1.165) is 38.4 Å². The van der Waals surface area contributed by atoms with E-state index < -0.39 is 0 Å². The zero-order valence-electron chi connectivity index (χ0n) is 15.5. The van der Waals surface area contributed by atoms with E-state index in [1.165, 1.54) is 51.4 Å². The second-order valence-electron chi connectivity index (χ2n) is 6.97. The predicted octanol–water partition coefficient (Wildman–Crippen LogP) is 5.20. The second-order valence-corrected chi connectivity index (χ2v) is 6.97. The summed E-state index contributed by atoms with van der Waals surface area (Å²) in [6, 6.07) is -0.258. The fourth-order valence-electron chi connectivity index (χ4n) is 2.86. The summed E-state index contributed by atoms with van der Waals surface area (Å²) in [5, 5.41) is 0. The van der Waals surface area contributed by atoms with Crippen LogP contribution in [0.2, 0.25) is 0 Å². The van der Waals surface area contributed by atoms with E-state index in [2.05, 4.69) is 13.8 Å². The Bertz CT molecular complexity index is 291. The van der Waals surface area contributed by atoms with Crippen LogP contribution in [-0.2, 0) is 9.59 Å². The van der Waals surface area contributed by atoms with Crippen LogP contribution in [0.4, 0.5) is 0 Å². The van der Waals surface area contributed by atoms with Crippen molar-refractivity contribution in [1.82, 2.24) is 0 Å². The minimum atomic E-state index is -0.258. The average Bonchev–Trinajstić information content (AvgIpc) is 2.57. The fraction of sp³-hybridized carbons (Fsp3) is 0.900. The number of hydrogen-bond acceptors (Lipinski definition) is 3. The van der Waals surface area contributed by atoms with E-state index in [9.17, 15) is 9.59 Å². The molecule has 0 aliphatic rings. The SMILES string of the molecule is CC[C@H](C)[C@H](N)C(=O)CCCCCCCCCCCCCC=O. The van der Waals surface area contributed by atoms with Crippen molar-refractivity contribution in [3.8, 4) is 0 Å². The Balaban J connectivity index is 3.27. The summed E-state index contributed by atoms with van der Waals surface area (Å²) in [4.78, 5) is 22.1. The molecular formula is C20H39NO2. The van der Waals surface area contributed by atoms with Crippen molar-refractivity contribution >= 4 is 12.1 Å². The number of aldehydes is 1. The first-order valence-corrected chi connectivity index (χ1v) is 9.85. The van der Waals surface area contributed by atoms with Crippen molar-refractivity contribution in [2.75, 3.05) is 0 Å². The molecule has 0 radical (unpaired) electrons. The number of carbonyl (C=O) groups excluding carboxylic acids is 2. The number of unbranched alkanes of at least 4 members (excludes halogenated alkanes) is 11. The average molecular weight is 326 g/mol. The highest BCUT2D eigenvalue weighted by atomic mass is 16.1. The van der Waals surface area contributed by atoms with Crippen LogP contribution in [0.5, 0.6) is 0 Å². The molecular weight excluding hydrogens is 286 g/mol. The molecule has 0 saturated carbocycles. The van der Waals surface area contributed by atoms with Gasteiger partial charge in [-0.05, 0) is 18.8 Å². The molecule has 3 heteroatoms. The molecule has 0 amide bonds. The van der Waals surface area contributed by atoms with Gasteiger partial charge in [-0.3, -0.25) is 4.79 Å². The maximum absolute atomic E-state index is 11.9. The van der Waals surface area contributed by atoms with Crippen molar-refractivity contribution in [3.05, 3.63) is 0 Å². The fourth-order valence-corrected chi connectivity index (χ4v) is 2.86. The number of hydrogen-bond donors (Lipinski definition) is 1. The number of carbonyl (C=O) groups is 2. The first-order chi connectivity index (χ1) is 11.1. The molecule has 0 rings (SSSR count). The van der Waals surface area contributed by atoms with Gasteiger partial charge in [0, 0.05) is 12.8 Å². The lowest BCUT2D eigenvalue weighted by Gasteiger charge is -2.16. The van der Waals surface area contributed by atoms with Gasteiger partial charge >= 0.3 is 0 Å². The third-order valence-corrected chi connectivity index (χ3v) is 4.87. The Hall–Kier alpha value is -0.700. The van der Waals surface area contributed by atoms with Crippen molar-refractivity contribution in [1.29, 1.82) is 0 Å². The third kappa shape index (κ3) is 13.4. The van der Waals surface area contributed by atoms with Crippen LogP contribution in [0.25, 0.3) is 0 Å². The third-order valence-electron chi connectivity index (χ3n) is 4.87. The zero-order valence-corrected chi connectivity index (χ0v) is 15.5. The molecule has 3 nitrogen and oxygen atoms in total. The normalized spacial score (nSPS) is 13.7. The highest BCUT2D eigenvalue weighted by Gasteiger charge is 2.18. The summed E-state index contributed by atoms with van der Waals surface area (Å²) in [5.41, 5.74) is 5.95. The van der Waals surface area contributed by atoms with Crippen LogP contribution in [0.3, 0.4) is 0 Å².